The number of carbonyl (C=O) groups excluding carboxylic acids is 1. The quantitative estimate of drug-likeness (QED) is 0.353. The number of hydrogen-bond donors (Lipinski definition) is 0. The summed E-state index contributed by atoms with van der Waals surface area (Å²) >= 11 is 0. The summed E-state index contributed by atoms with van der Waals surface area (Å²) in [4.78, 5) is 12.2. The molecule has 0 spiro atoms. The van der Waals surface area contributed by atoms with Crippen molar-refractivity contribution < 1.29 is 27.2 Å². The maximum atomic E-state index is 13.7. The smallest absolute Gasteiger partial charge is 0.338 e. The van der Waals surface area contributed by atoms with Crippen LogP contribution in [0.2, 0.25) is 0 Å². The first-order valence-electron chi connectivity index (χ1n) is 11.5. The second-order valence-corrected chi connectivity index (χ2v) is 10.6. The van der Waals surface area contributed by atoms with Crippen molar-refractivity contribution in [2.45, 2.75) is 53.0 Å². The SMILES string of the molecule is CCOC(=O)c1ccc(N(CC(C)C)S(=O)(=O)c2ccc(OCc3c(C)noc3C)cc2)c(C)c1. The lowest BCUT2D eigenvalue weighted by Crippen LogP contribution is -2.34. The predicted molar refractivity (Wildman–Crippen MR) is 133 cm³/mol. The maximum Gasteiger partial charge on any atom is 0.338 e. The van der Waals surface area contributed by atoms with E-state index in [4.69, 9.17) is 14.0 Å². The van der Waals surface area contributed by atoms with E-state index in [1.54, 1.807) is 44.2 Å². The molecule has 188 valence electrons. The molecule has 0 aliphatic heterocycles. The molecule has 0 atom stereocenters. The number of aryl methyl sites for hydroxylation is 3. The third-order valence-electron chi connectivity index (χ3n) is 5.48. The van der Waals surface area contributed by atoms with Gasteiger partial charge in [0.2, 0.25) is 0 Å². The average molecular weight is 501 g/mol. The zero-order valence-corrected chi connectivity index (χ0v) is 21.8. The van der Waals surface area contributed by atoms with Gasteiger partial charge in [0.1, 0.15) is 18.1 Å². The Hall–Kier alpha value is -3.33. The summed E-state index contributed by atoms with van der Waals surface area (Å²) in [5.41, 5.74) is 3.20. The van der Waals surface area contributed by atoms with Crippen molar-refractivity contribution in [2.24, 2.45) is 5.92 Å². The second kappa shape index (κ2) is 10.9. The maximum absolute atomic E-state index is 13.7. The Kier molecular flexibility index (Phi) is 8.22. The fourth-order valence-electron chi connectivity index (χ4n) is 3.63. The Morgan fingerprint density at radius 3 is 2.31 bits per heavy atom. The minimum atomic E-state index is -3.87. The molecule has 0 unspecified atom stereocenters. The van der Waals surface area contributed by atoms with Gasteiger partial charge in [0.15, 0.2) is 0 Å². The summed E-state index contributed by atoms with van der Waals surface area (Å²) in [6.45, 7) is 11.9. The molecule has 0 aliphatic carbocycles. The van der Waals surface area contributed by atoms with Crippen molar-refractivity contribution in [2.75, 3.05) is 17.5 Å². The zero-order valence-electron chi connectivity index (χ0n) is 21.0. The molecule has 1 heterocycles. The Balaban J connectivity index is 1.87. The highest BCUT2D eigenvalue weighted by atomic mass is 32.2. The number of anilines is 1. The van der Waals surface area contributed by atoms with Crippen LogP contribution in [0.5, 0.6) is 5.75 Å². The van der Waals surface area contributed by atoms with E-state index in [9.17, 15) is 13.2 Å². The lowest BCUT2D eigenvalue weighted by atomic mass is 10.1. The number of esters is 1. The molecule has 35 heavy (non-hydrogen) atoms. The van der Waals surface area contributed by atoms with Crippen molar-refractivity contribution in [1.29, 1.82) is 0 Å². The van der Waals surface area contributed by atoms with Gasteiger partial charge in [0.05, 0.1) is 34.0 Å². The number of benzene rings is 2. The summed E-state index contributed by atoms with van der Waals surface area (Å²) in [6, 6.07) is 11.2. The standard InChI is InChI=1S/C26H32N2O6S/c1-7-32-26(29)21-8-13-25(18(4)14-21)28(15-17(2)3)35(30,31)23-11-9-22(10-12-23)33-16-24-19(5)27-34-20(24)6/h8-14,17H,7,15-16H2,1-6H3. The van der Waals surface area contributed by atoms with Crippen molar-refractivity contribution in [3.8, 4) is 5.75 Å². The molecule has 9 heteroatoms. The highest BCUT2D eigenvalue weighted by Crippen LogP contribution is 2.30. The molecule has 0 N–H and O–H groups in total. The number of nitrogens with zero attached hydrogens (tertiary/aromatic N) is 2. The number of ether oxygens (including phenoxy) is 2. The van der Waals surface area contributed by atoms with Gasteiger partial charge in [0.25, 0.3) is 10.0 Å². The van der Waals surface area contributed by atoms with Crippen LogP contribution in [0.25, 0.3) is 0 Å². The van der Waals surface area contributed by atoms with Crippen LogP contribution in [0.1, 0.15) is 53.7 Å². The molecule has 3 aromatic rings. The predicted octanol–water partition coefficient (Wildman–Crippen LogP) is 5.21. The Labute approximate surface area is 206 Å². The van der Waals surface area contributed by atoms with Gasteiger partial charge in [-0.05, 0) is 81.6 Å². The number of sulfonamides is 1. The third-order valence-corrected chi connectivity index (χ3v) is 7.28. The van der Waals surface area contributed by atoms with Gasteiger partial charge >= 0.3 is 5.97 Å². The van der Waals surface area contributed by atoms with Crippen LogP contribution >= 0.6 is 0 Å². The zero-order chi connectivity index (χ0) is 25.8. The molecule has 0 amide bonds. The minimum Gasteiger partial charge on any atom is -0.489 e. The number of rotatable bonds is 10. The lowest BCUT2D eigenvalue weighted by Gasteiger charge is -2.28. The lowest BCUT2D eigenvalue weighted by molar-refractivity contribution is 0.0526. The van der Waals surface area contributed by atoms with E-state index in [0.29, 0.717) is 28.3 Å². The van der Waals surface area contributed by atoms with E-state index in [2.05, 4.69) is 5.16 Å². The van der Waals surface area contributed by atoms with Gasteiger partial charge < -0.3 is 14.0 Å². The van der Waals surface area contributed by atoms with Crippen molar-refractivity contribution in [3.05, 3.63) is 70.6 Å². The van der Waals surface area contributed by atoms with Crippen molar-refractivity contribution >= 4 is 21.7 Å². The molecule has 1 aromatic heterocycles. The first-order valence-corrected chi connectivity index (χ1v) is 12.9. The van der Waals surface area contributed by atoms with E-state index in [1.165, 1.54) is 16.4 Å². The molecule has 3 rings (SSSR count). The van der Waals surface area contributed by atoms with E-state index >= 15 is 0 Å². The summed E-state index contributed by atoms with van der Waals surface area (Å²) in [5.74, 6) is 0.865. The van der Waals surface area contributed by atoms with Crippen LogP contribution in [0, 0.1) is 26.7 Å². The fourth-order valence-corrected chi connectivity index (χ4v) is 5.33. The van der Waals surface area contributed by atoms with Gasteiger partial charge in [-0.3, -0.25) is 4.31 Å². The summed E-state index contributed by atoms with van der Waals surface area (Å²) < 4.78 is 44.7. The second-order valence-electron chi connectivity index (χ2n) is 8.71. The van der Waals surface area contributed by atoms with Crippen LogP contribution in [0.4, 0.5) is 5.69 Å². The molecule has 0 saturated heterocycles. The van der Waals surface area contributed by atoms with E-state index in [-0.39, 0.29) is 30.6 Å². The van der Waals surface area contributed by atoms with Crippen LogP contribution in [0.15, 0.2) is 51.9 Å². The first-order chi connectivity index (χ1) is 16.5. The number of aromatic nitrogens is 1. The highest BCUT2D eigenvalue weighted by molar-refractivity contribution is 7.92. The molecular formula is C26H32N2O6S. The van der Waals surface area contributed by atoms with Gasteiger partial charge in [-0.15, -0.1) is 0 Å². The monoisotopic (exact) mass is 500 g/mol. The highest BCUT2D eigenvalue weighted by Gasteiger charge is 2.27. The molecular weight excluding hydrogens is 468 g/mol. The average Bonchev–Trinajstić information content (AvgIpc) is 3.13. The summed E-state index contributed by atoms with van der Waals surface area (Å²) in [7, 11) is -3.87. The molecule has 0 bridgehead atoms. The van der Waals surface area contributed by atoms with Gasteiger partial charge in [-0.2, -0.15) is 0 Å². The molecule has 2 aromatic carbocycles. The van der Waals surface area contributed by atoms with Crippen LogP contribution < -0.4 is 9.04 Å². The minimum absolute atomic E-state index is 0.0755. The number of carbonyl (C=O) groups is 1. The van der Waals surface area contributed by atoms with E-state index in [1.807, 2.05) is 27.7 Å². The van der Waals surface area contributed by atoms with E-state index in [0.717, 1.165) is 11.3 Å². The summed E-state index contributed by atoms with van der Waals surface area (Å²) in [5, 5.41) is 3.91. The largest absolute Gasteiger partial charge is 0.489 e. The van der Waals surface area contributed by atoms with Gasteiger partial charge in [0, 0.05) is 6.54 Å². The van der Waals surface area contributed by atoms with Crippen LogP contribution in [-0.4, -0.2) is 32.7 Å². The molecule has 8 nitrogen and oxygen atoms in total. The molecule has 0 saturated carbocycles. The van der Waals surface area contributed by atoms with Crippen molar-refractivity contribution in [3.63, 3.8) is 0 Å². The van der Waals surface area contributed by atoms with Crippen LogP contribution in [-0.2, 0) is 21.4 Å². The Morgan fingerprint density at radius 1 is 1.09 bits per heavy atom. The van der Waals surface area contributed by atoms with E-state index < -0.39 is 16.0 Å². The van der Waals surface area contributed by atoms with Crippen LogP contribution in [0.3, 0.4) is 0 Å². The fraction of sp³-hybridized carbons (Fsp3) is 0.385. The number of hydrogen-bond acceptors (Lipinski definition) is 7. The normalized spacial score (nSPS) is 11.5. The molecule has 0 radical (unpaired) electrons. The molecule has 0 aliphatic rings. The Bertz CT molecular complexity index is 1260. The molecule has 0 fully saturated rings. The summed E-state index contributed by atoms with van der Waals surface area (Å²) in [6.07, 6.45) is 0. The first kappa shape index (κ1) is 26.3. The van der Waals surface area contributed by atoms with Crippen molar-refractivity contribution in [1.82, 2.24) is 5.16 Å². The van der Waals surface area contributed by atoms with Gasteiger partial charge in [-0.1, -0.05) is 19.0 Å². The topological polar surface area (TPSA) is 98.9 Å². The Morgan fingerprint density at radius 2 is 1.77 bits per heavy atom. The third kappa shape index (κ3) is 6.03. The van der Waals surface area contributed by atoms with Gasteiger partial charge in [-0.25, -0.2) is 13.2 Å².